The maximum Gasteiger partial charge on any atom is 0.311 e. The lowest BCUT2D eigenvalue weighted by Crippen LogP contribution is -2.32. The Labute approximate surface area is 402 Å². The number of aryl methyl sites for hydroxylation is 1. The van der Waals surface area contributed by atoms with Gasteiger partial charge >= 0.3 is 5.97 Å². The van der Waals surface area contributed by atoms with E-state index in [0.717, 1.165) is 46.2 Å². The second kappa shape index (κ2) is 21.4. The zero-order valence-electron chi connectivity index (χ0n) is 37.0. The molecule has 0 saturated carbocycles. The minimum absolute atomic E-state index is 0.0241. The highest BCUT2D eigenvalue weighted by Gasteiger charge is 2.34. The number of aliphatic hydroxyl groups is 2. The molecule has 0 spiro atoms. The van der Waals surface area contributed by atoms with Gasteiger partial charge in [0.15, 0.2) is 0 Å². The van der Waals surface area contributed by atoms with Crippen LogP contribution < -0.4 is 24.3 Å². The van der Waals surface area contributed by atoms with Crippen molar-refractivity contribution in [2.75, 3.05) is 19.8 Å². The molecule has 2 aliphatic carbocycles. The third kappa shape index (κ3) is 10.6. The Hall–Kier alpha value is -6.85. The summed E-state index contributed by atoms with van der Waals surface area (Å²) in [6, 6.07) is 23.4. The molecule has 0 unspecified atom stereocenters. The van der Waals surface area contributed by atoms with E-state index in [9.17, 15) is 30.6 Å². The van der Waals surface area contributed by atoms with E-state index in [0.29, 0.717) is 70.2 Å². The van der Waals surface area contributed by atoms with Crippen LogP contribution in [0.1, 0.15) is 94.0 Å². The minimum atomic E-state index is -1.40. The predicted molar refractivity (Wildman–Crippen MR) is 250 cm³/mol. The lowest BCUT2D eigenvalue weighted by molar-refractivity contribution is -0.150. The van der Waals surface area contributed by atoms with Crippen molar-refractivity contribution in [3.05, 3.63) is 151 Å². The summed E-state index contributed by atoms with van der Waals surface area (Å²) in [7, 11) is 0. The van der Waals surface area contributed by atoms with Gasteiger partial charge in [-0.1, -0.05) is 59.6 Å². The highest BCUT2D eigenvalue weighted by molar-refractivity contribution is 6.32. The Morgan fingerprint density at radius 2 is 1.28 bits per heavy atom. The summed E-state index contributed by atoms with van der Waals surface area (Å²) in [5.41, 5.74) is 8.45. The van der Waals surface area contributed by atoms with Gasteiger partial charge in [-0.25, -0.2) is 0 Å². The average molecular weight is 957 g/mol. The van der Waals surface area contributed by atoms with E-state index in [1.54, 1.807) is 36.7 Å². The number of carbonyl (C=O) groups is 1. The van der Waals surface area contributed by atoms with Gasteiger partial charge in [-0.3, -0.25) is 14.8 Å². The van der Waals surface area contributed by atoms with Crippen molar-refractivity contribution in [1.82, 2.24) is 25.3 Å². The fourth-order valence-corrected chi connectivity index (χ4v) is 8.92. The SMILES string of the molecule is C[C@](CO)(CCc1cc(Cl)c(O[C@H]2CCc3c(-c4cccc5c4CC[C@@H]5Oc4nc(OCc5cncc(C#N)c5)c(CNCCO)cc4Cl)cccc32)nc1OCc1cncc(C#N)c1)C(=O)O. The summed E-state index contributed by atoms with van der Waals surface area (Å²) >= 11 is 13.7. The van der Waals surface area contributed by atoms with Crippen LogP contribution in [0.5, 0.6) is 23.5 Å². The molecule has 6 aromatic rings. The number of hydrogen-bond donors (Lipinski definition) is 4. The van der Waals surface area contributed by atoms with E-state index >= 15 is 0 Å². The molecule has 0 radical (unpaired) electrons. The van der Waals surface area contributed by atoms with Gasteiger partial charge in [0.2, 0.25) is 23.5 Å². The van der Waals surface area contributed by atoms with Crippen molar-refractivity contribution in [2.45, 2.75) is 77.4 Å². The summed E-state index contributed by atoms with van der Waals surface area (Å²) in [4.78, 5) is 29.7. The molecule has 4 heterocycles. The topological polar surface area (TPSA) is 226 Å². The number of rotatable bonds is 20. The number of fused-ring (bicyclic) bond motifs is 2. The highest BCUT2D eigenvalue weighted by Crippen LogP contribution is 2.46. The predicted octanol–water partition coefficient (Wildman–Crippen LogP) is 8.37. The molecular formula is C51H47Cl2N7O8. The average Bonchev–Trinajstić information content (AvgIpc) is 3.97. The Kier molecular flexibility index (Phi) is 15.0. The van der Waals surface area contributed by atoms with Gasteiger partial charge in [-0.2, -0.15) is 20.5 Å². The molecule has 4 aromatic heterocycles. The lowest BCUT2D eigenvalue weighted by Gasteiger charge is -2.23. The van der Waals surface area contributed by atoms with Gasteiger partial charge in [0.1, 0.15) is 47.6 Å². The largest absolute Gasteiger partial charge is 0.481 e. The molecule has 0 saturated heterocycles. The number of aromatic nitrogens is 4. The first-order valence-electron chi connectivity index (χ1n) is 22.1. The van der Waals surface area contributed by atoms with Crippen LogP contribution in [0.2, 0.25) is 10.0 Å². The Balaban J connectivity index is 1.03. The first kappa shape index (κ1) is 47.6. The standard InChI is InChI=1S/C51H47Cl2N7O8/c1-51(29-62,50(63)64)13-12-34-18-42(52)48(59-46(34)65-27-32-16-30(20-54)22-57-24-32)67-44-10-8-38-36(4-2-6-40(38)44)37-5-3-7-41-39(37)9-11-45(41)68-49-43(53)19-35(26-56-14-15-61)47(60-49)66-28-33-17-31(21-55)23-58-25-33/h2-7,16-19,22-25,44-45,56,61-62H,8-15,26-29H2,1H3,(H,63,64)/t44-,45-,51+/m0/s1. The van der Waals surface area contributed by atoms with E-state index < -0.39 is 18.0 Å². The molecule has 2 aromatic carbocycles. The maximum atomic E-state index is 12.0. The van der Waals surface area contributed by atoms with E-state index in [4.69, 9.17) is 52.1 Å². The number of carboxylic acid groups (broad SMARTS) is 1. The smallest absolute Gasteiger partial charge is 0.311 e. The van der Waals surface area contributed by atoms with Crippen molar-refractivity contribution in [3.8, 4) is 46.8 Å². The molecule has 4 N–H and O–H groups in total. The fraction of sp³-hybridized carbons (Fsp3) is 0.314. The van der Waals surface area contributed by atoms with Gasteiger partial charge < -0.3 is 39.6 Å². The van der Waals surface area contributed by atoms with E-state index in [2.05, 4.69) is 51.7 Å². The second-order valence-corrected chi connectivity index (χ2v) is 17.7. The molecule has 3 atom stereocenters. The zero-order valence-corrected chi connectivity index (χ0v) is 38.6. The third-order valence-electron chi connectivity index (χ3n) is 12.2. The molecule has 348 valence electrons. The van der Waals surface area contributed by atoms with Crippen LogP contribution in [0.15, 0.2) is 85.5 Å². The van der Waals surface area contributed by atoms with Gasteiger partial charge in [0.25, 0.3) is 0 Å². The molecule has 0 amide bonds. The minimum Gasteiger partial charge on any atom is -0.481 e. The summed E-state index contributed by atoms with van der Waals surface area (Å²) in [6.45, 7) is 1.72. The van der Waals surface area contributed by atoms with E-state index in [-0.39, 0.29) is 67.5 Å². The first-order valence-corrected chi connectivity index (χ1v) is 22.8. The first-order chi connectivity index (χ1) is 33.0. The number of ether oxygens (including phenoxy) is 4. The van der Waals surface area contributed by atoms with E-state index in [1.165, 1.54) is 19.3 Å². The number of pyridine rings is 4. The molecule has 17 heteroatoms. The summed E-state index contributed by atoms with van der Waals surface area (Å²) in [5, 5.41) is 51.5. The lowest BCUT2D eigenvalue weighted by atomic mass is 9.85. The van der Waals surface area contributed by atoms with E-state index in [1.807, 2.05) is 12.1 Å². The summed E-state index contributed by atoms with van der Waals surface area (Å²) in [6.07, 6.45) is 8.53. The van der Waals surface area contributed by atoms with Crippen LogP contribution in [0.3, 0.4) is 0 Å². The molecular weight excluding hydrogens is 910 g/mol. The van der Waals surface area contributed by atoms with Crippen molar-refractivity contribution in [1.29, 1.82) is 10.5 Å². The maximum absolute atomic E-state index is 12.0. The van der Waals surface area contributed by atoms with Crippen molar-refractivity contribution < 1.29 is 39.1 Å². The summed E-state index contributed by atoms with van der Waals surface area (Å²) in [5.74, 6) is -0.256. The van der Waals surface area contributed by atoms with Crippen LogP contribution in [0.4, 0.5) is 0 Å². The number of nitrogens with zero attached hydrogens (tertiary/aromatic N) is 6. The van der Waals surface area contributed by atoms with Crippen LogP contribution in [-0.2, 0) is 43.8 Å². The number of nitriles is 2. The monoisotopic (exact) mass is 955 g/mol. The number of halogens is 2. The molecule has 0 bridgehead atoms. The number of aliphatic hydroxyl groups excluding tert-OH is 2. The summed E-state index contributed by atoms with van der Waals surface area (Å²) < 4.78 is 25.6. The van der Waals surface area contributed by atoms with Crippen LogP contribution in [0.25, 0.3) is 11.1 Å². The Morgan fingerprint density at radius 1 is 0.765 bits per heavy atom. The number of aliphatic carboxylic acids is 1. The molecule has 2 aliphatic rings. The number of carboxylic acids is 1. The highest BCUT2D eigenvalue weighted by atomic mass is 35.5. The van der Waals surface area contributed by atoms with Crippen molar-refractivity contribution in [2.24, 2.45) is 5.41 Å². The van der Waals surface area contributed by atoms with Gasteiger partial charge in [0.05, 0.1) is 29.8 Å². The van der Waals surface area contributed by atoms with Crippen molar-refractivity contribution >= 4 is 29.2 Å². The molecule has 8 rings (SSSR count). The normalized spacial score (nSPS) is 15.6. The molecule has 15 nitrogen and oxygen atoms in total. The number of hydrogen-bond acceptors (Lipinski definition) is 14. The molecule has 0 aliphatic heterocycles. The van der Waals surface area contributed by atoms with Crippen LogP contribution in [-0.4, -0.2) is 61.0 Å². The Morgan fingerprint density at radius 3 is 1.76 bits per heavy atom. The van der Waals surface area contributed by atoms with Crippen molar-refractivity contribution in [3.63, 3.8) is 0 Å². The molecule has 68 heavy (non-hydrogen) atoms. The zero-order chi connectivity index (χ0) is 47.8. The number of benzene rings is 2. The number of nitrogens with one attached hydrogen (secondary N) is 1. The van der Waals surface area contributed by atoms with Gasteiger partial charge in [0, 0.05) is 60.1 Å². The second-order valence-electron chi connectivity index (χ2n) is 16.9. The molecule has 0 fully saturated rings. The Bertz CT molecular complexity index is 2920. The van der Waals surface area contributed by atoms with Gasteiger partial charge in [-0.15, -0.1) is 0 Å². The van der Waals surface area contributed by atoms with Crippen LogP contribution >= 0.6 is 23.2 Å². The van der Waals surface area contributed by atoms with Gasteiger partial charge in [-0.05, 0) is 103 Å². The fourth-order valence-electron chi connectivity index (χ4n) is 8.49. The quantitative estimate of drug-likeness (QED) is 0.0527. The van der Waals surface area contributed by atoms with Crippen LogP contribution in [0, 0.1) is 28.1 Å². The third-order valence-corrected chi connectivity index (χ3v) is 12.8.